The molecule has 2 rings (SSSR count). The molecule has 1 aromatic carbocycles. The minimum atomic E-state index is 0.0944. The van der Waals surface area contributed by atoms with Crippen LogP contribution in [0.25, 0.3) is 0 Å². The summed E-state index contributed by atoms with van der Waals surface area (Å²) >= 11 is 6.20. The van der Waals surface area contributed by atoms with Gasteiger partial charge in [-0.3, -0.25) is 0 Å². The molecule has 17 heavy (non-hydrogen) atoms. The summed E-state index contributed by atoms with van der Waals surface area (Å²) in [5.74, 6) is 0.749. The van der Waals surface area contributed by atoms with Gasteiger partial charge in [-0.1, -0.05) is 11.6 Å². The van der Waals surface area contributed by atoms with Crippen LogP contribution >= 0.6 is 11.6 Å². The second-order valence-electron chi connectivity index (χ2n) is 4.14. The van der Waals surface area contributed by atoms with Crippen LogP contribution in [0.4, 0.5) is 0 Å². The third-order valence-corrected chi connectivity index (χ3v) is 3.19. The summed E-state index contributed by atoms with van der Waals surface area (Å²) < 4.78 is 11.2. The Balaban J connectivity index is 2.25. The van der Waals surface area contributed by atoms with E-state index >= 15 is 0 Å². The highest BCUT2D eigenvalue weighted by Gasteiger charge is 2.19. The fourth-order valence-corrected chi connectivity index (χ4v) is 2.28. The topological polar surface area (TPSA) is 30.5 Å². The molecular formula is C13H18ClNO2. The van der Waals surface area contributed by atoms with Crippen LogP contribution in [-0.2, 0) is 4.74 Å². The van der Waals surface area contributed by atoms with Gasteiger partial charge < -0.3 is 14.8 Å². The molecule has 1 atom stereocenters. The summed E-state index contributed by atoms with van der Waals surface area (Å²) in [7, 11) is 0. The smallest absolute Gasteiger partial charge is 0.138 e. The molecule has 0 radical (unpaired) electrons. The van der Waals surface area contributed by atoms with E-state index in [-0.39, 0.29) is 6.10 Å². The summed E-state index contributed by atoms with van der Waals surface area (Å²) in [5, 5.41) is 3.97. The number of rotatable bonds is 3. The number of hydrogen-bond donors (Lipinski definition) is 1. The van der Waals surface area contributed by atoms with Crippen LogP contribution in [0.5, 0.6) is 5.75 Å². The van der Waals surface area contributed by atoms with E-state index < -0.39 is 0 Å². The molecule has 0 saturated carbocycles. The maximum Gasteiger partial charge on any atom is 0.138 e. The van der Waals surface area contributed by atoms with Gasteiger partial charge in [-0.25, -0.2) is 0 Å². The van der Waals surface area contributed by atoms with Crippen LogP contribution in [0.2, 0.25) is 5.02 Å². The van der Waals surface area contributed by atoms with Crippen molar-refractivity contribution in [2.75, 3.05) is 26.3 Å². The predicted octanol–water partition coefficient (Wildman–Crippen LogP) is 2.71. The van der Waals surface area contributed by atoms with Crippen LogP contribution < -0.4 is 10.1 Å². The molecule has 1 aliphatic heterocycles. The number of hydrogen-bond acceptors (Lipinski definition) is 3. The highest BCUT2D eigenvalue weighted by molar-refractivity contribution is 6.32. The van der Waals surface area contributed by atoms with Gasteiger partial charge >= 0.3 is 0 Å². The van der Waals surface area contributed by atoms with Crippen LogP contribution in [-0.4, -0.2) is 26.3 Å². The third-order valence-electron chi connectivity index (χ3n) is 2.89. The minimum Gasteiger partial charge on any atom is -0.492 e. The molecule has 1 unspecified atom stereocenters. The lowest BCUT2D eigenvalue weighted by molar-refractivity contribution is 0.0273. The Bertz CT molecular complexity index is 389. The lowest BCUT2D eigenvalue weighted by atomic mass is 10.0. The van der Waals surface area contributed by atoms with Crippen molar-refractivity contribution in [3.05, 3.63) is 28.3 Å². The average Bonchev–Trinajstić information content (AvgIpc) is 2.35. The van der Waals surface area contributed by atoms with E-state index in [2.05, 4.69) is 12.2 Å². The molecule has 0 aliphatic carbocycles. The zero-order chi connectivity index (χ0) is 12.3. The average molecular weight is 256 g/mol. The maximum atomic E-state index is 6.20. The standard InChI is InChI=1S/C13H18ClNO2/c1-3-16-12-6-9(2)10(7-11(12)14)13-8-15-4-5-17-13/h6-7,13,15H,3-5,8H2,1-2H3. The van der Waals surface area contributed by atoms with Crippen LogP contribution in [0, 0.1) is 6.92 Å². The van der Waals surface area contributed by atoms with Crippen LogP contribution in [0.1, 0.15) is 24.2 Å². The molecule has 1 saturated heterocycles. The first-order valence-electron chi connectivity index (χ1n) is 5.97. The Morgan fingerprint density at radius 2 is 2.35 bits per heavy atom. The Morgan fingerprint density at radius 3 is 3.00 bits per heavy atom. The minimum absolute atomic E-state index is 0.0944. The van der Waals surface area contributed by atoms with Gasteiger partial charge in [0.05, 0.1) is 24.3 Å². The van der Waals surface area contributed by atoms with E-state index in [4.69, 9.17) is 21.1 Å². The molecule has 1 aromatic rings. The van der Waals surface area contributed by atoms with Crippen molar-refractivity contribution in [2.45, 2.75) is 20.0 Å². The molecular weight excluding hydrogens is 238 g/mol. The van der Waals surface area contributed by atoms with Crippen molar-refractivity contribution >= 4 is 11.6 Å². The van der Waals surface area contributed by atoms with Crippen molar-refractivity contribution in [1.29, 1.82) is 0 Å². The van der Waals surface area contributed by atoms with Gasteiger partial charge in [0.25, 0.3) is 0 Å². The summed E-state index contributed by atoms with van der Waals surface area (Å²) in [6.45, 7) is 7.14. The van der Waals surface area contributed by atoms with Gasteiger partial charge in [0, 0.05) is 13.1 Å². The number of halogens is 1. The van der Waals surface area contributed by atoms with Crippen molar-refractivity contribution in [3.8, 4) is 5.75 Å². The van der Waals surface area contributed by atoms with Crippen molar-refractivity contribution in [2.24, 2.45) is 0 Å². The van der Waals surface area contributed by atoms with Gasteiger partial charge in [0.15, 0.2) is 0 Å². The Hall–Kier alpha value is -0.770. The Morgan fingerprint density at radius 1 is 1.53 bits per heavy atom. The normalized spacial score (nSPS) is 20.3. The summed E-state index contributed by atoms with van der Waals surface area (Å²) in [4.78, 5) is 0. The van der Waals surface area contributed by atoms with E-state index in [1.165, 1.54) is 0 Å². The monoisotopic (exact) mass is 255 g/mol. The first-order valence-corrected chi connectivity index (χ1v) is 6.35. The molecule has 0 aromatic heterocycles. The first-order chi connectivity index (χ1) is 8.22. The van der Waals surface area contributed by atoms with Crippen molar-refractivity contribution in [3.63, 3.8) is 0 Å². The molecule has 1 aliphatic rings. The predicted molar refractivity (Wildman–Crippen MR) is 68.9 cm³/mol. The van der Waals surface area contributed by atoms with Crippen molar-refractivity contribution in [1.82, 2.24) is 5.32 Å². The van der Waals surface area contributed by atoms with E-state index in [9.17, 15) is 0 Å². The number of aryl methyl sites for hydroxylation is 1. The van der Waals surface area contributed by atoms with Gasteiger partial charge in [-0.15, -0.1) is 0 Å². The van der Waals surface area contributed by atoms with Gasteiger partial charge in [0.2, 0.25) is 0 Å². The second kappa shape index (κ2) is 5.71. The quantitative estimate of drug-likeness (QED) is 0.901. The molecule has 94 valence electrons. The third kappa shape index (κ3) is 2.92. The molecule has 1 heterocycles. The van der Waals surface area contributed by atoms with E-state index in [0.29, 0.717) is 11.6 Å². The molecule has 4 heteroatoms. The lowest BCUT2D eigenvalue weighted by Crippen LogP contribution is -2.33. The number of ether oxygens (including phenoxy) is 2. The fourth-order valence-electron chi connectivity index (χ4n) is 2.05. The van der Waals surface area contributed by atoms with Crippen molar-refractivity contribution < 1.29 is 9.47 Å². The van der Waals surface area contributed by atoms with Gasteiger partial charge in [-0.05, 0) is 37.1 Å². The Kier molecular flexibility index (Phi) is 4.26. The first kappa shape index (κ1) is 12.7. The highest BCUT2D eigenvalue weighted by atomic mass is 35.5. The zero-order valence-electron chi connectivity index (χ0n) is 10.3. The summed E-state index contributed by atoms with van der Waals surface area (Å²) in [6.07, 6.45) is 0.0944. The molecule has 1 N–H and O–H groups in total. The van der Waals surface area contributed by atoms with E-state index in [1.54, 1.807) is 0 Å². The molecule has 3 nitrogen and oxygen atoms in total. The van der Waals surface area contributed by atoms with Gasteiger partial charge in [0.1, 0.15) is 5.75 Å². The Labute approximate surface area is 107 Å². The highest BCUT2D eigenvalue weighted by Crippen LogP contribution is 2.32. The maximum absolute atomic E-state index is 6.20. The largest absolute Gasteiger partial charge is 0.492 e. The van der Waals surface area contributed by atoms with Crippen LogP contribution in [0.15, 0.2) is 12.1 Å². The van der Waals surface area contributed by atoms with Crippen LogP contribution in [0.3, 0.4) is 0 Å². The summed E-state index contributed by atoms with van der Waals surface area (Å²) in [5.41, 5.74) is 2.30. The zero-order valence-corrected chi connectivity index (χ0v) is 11.0. The molecule has 0 spiro atoms. The van der Waals surface area contributed by atoms with Gasteiger partial charge in [-0.2, -0.15) is 0 Å². The lowest BCUT2D eigenvalue weighted by Gasteiger charge is -2.25. The molecule has 0 bridgehead atoms. The SMILES string of the molecule is CCOc1cc(C)c(C2CNCCO2)cc1Cl. The van der Waals surface area contributed by atoms with E-state index in [1.807, 2.05) is 19.1 Å². The molecule has 1 fully saturated rings. The summed E-state index contributed by atoms with van der Waals surface area (Å²) in [6, 6.07) is 3.94. The number of benzene rings is 1. The second-order valence-corrected chi connectivity index (χ2v) is 4.54. The molecule has 0 amide bonds. The number of morpholine rings is 1. The number of nitrogens with one attached hydrogen (secondary N) is 1. The fraction of sp³-hybridized carbons (Fsp3) is 0.538. The van der Waals surface area contributed by atoms with E-state index in [0.717, 1.165) is 36.6 Å².